The molecule has 1 aliphatic rings. The zero-order chi connectivity index (χ0) is 11.1. The molecule has 1 aromatic rings. The van der Waals surface area contributed by atoms with Crippen molar-refractivity contribution in [3.63, 3.8) is 0 Å². The molecule has 1 nitrogen and oxygen atoms in total. The van der Waals surface area contributed by atoms with Crippen molar-refractivity contribution in [2.75, 3.05) is 6.54 Å². The lowest BCUT2D eigenvalue weighted by molar-refractivity contribution is -0.196. The predicted octanol–water partition coefficient (Wildman–Crippen LogP) is 2.61. The highest BCUT2D eigenvalue weighted by Gasteiger charge is 2.53. The third-order valence-corrected chi connectivity index (χ3v) is 3.00. The smallest absolute Gasteiger partial charge is 0.300 e. The lowest BCUT2D eigenvalue weighted by Gasteiger charge is -2.38. The molecule has 2 rings (SSSR count). The predicted molar refractivity (Wildman–Crippen MR) is 51.6 cm³/mol. The molecule has 1 N–H and O–H groups in total. The number of nitrogens with one attached hydrogen (secondary N) is 1. The molecule has 0 spiro atoms. The number of fused-ring (bicyclic) bond motifs is 1. The summed E-state index contributed by atoms with van der Waals surface area (Å²) in [5.74, 6) is 0. The summed E-state index contributed by atoms with van der Waals surface area (Å²) in [7, 11) is 0. The van der Waals surface area contributed by atoms with Gasteiger partial charge in [-0.15, -0.1) is 0 Å². The maximum Gasteiger partial charge on any atom is 0.410 e. The topological polar surface area (TPSA) is 12.0 Å². The van der Waals surface area contributed by atoms with Gasteiger partial charge in [0, 0.05) is 6.54 Å². The van der Waals surface area contributed by atoms with Gasteiger partial charge >= 0.3 is 6.18 Å². The van der Waals surface area contributed by atoms with Crippen molar-refractivity contribution in [3.8, 4) is 0 Å². The van der Waals surface area contributed by atoms with Gasteiger partial charge in [-0.1, -0.05) is 24.3 Å². The van der Waals surface area contributed by atoms with Crippen LogP contribution in [0.1, 0.15) is 18.1 Å². The van der Waals surface area contributed by atoms with E-state index in [4.69, 9.17) is 0 Å². The van der Waals surface area contributed by atoms with E-state index in [0.29, 0.717) is 18.5 Å². The van der Waals surface area contributed by atoms with Gasteiger partial charge in [0.15, 0.2) is 0 Å². The van der Waals surface area contributed by atoms with E-state index >= 15 is 0 Å². The number of alkyl halides is 3. The van der Waals surface area contributed by atoms with Crippen LogP contribution in [0.3, 0.4) is 0 Å². The second-order valence-electron chi connectivity index (χ2n) is 3.96. The number of halogens is 3. The molecule has 0 fully saturated rings. The van der Waals surface area contributed by atoms with Crippen LogP contribution in [-0.2, 0) is 12.0 Å². The van der Waals surface area contributed by atoms with Crippen molar-refractivity contribution in [1.82, 2.24) is 5.32 Å². The number of hydrogen-bond acceptors (Lipinski definition) is 1. The standard InChI is InChI=1S/C11H12F3N/c1-10(11(12,13)14)9-5-3-2-4-8(9)6-7-15-10/h2-5,15H,6-7H2,1H3/t10-/m1/s1. The molecular formula is C11H12F3N. The Bertz CT molecular complexity index is 372. The van der Waals surface area contributed by atoms with Crippen molar-refractivity contribution in [2.45, 2.75) is 25.1 Å². The highest BCUT2D eigenvalue weighted by molar-refractivity contribution is 5.37. The first-order chi connectivity index (χ1) is 6.95. The zero-order valence-electron chi connectivity index (χ0n) is 8.36. The highest BCUT2D eigenvalue weighted by atomic mass is 19.4. The molecule has 15 heavy (non-hydrogen) atoms. The summed E-state index contributed by atoms with van der Waals surface area (Å²) < 4.78 is 38.8. The molecule has 0 saturated carbocycles. The monoisotopic (exact) mass is 215 g/mol. The highest BCUT2D eigenvalue weighted by Crippen LogP contribution is 2.41. The lowest BCUT2D eigenvalue weighted by atomic mass is 9.83. The van der Waals surface area contributed by atoms with Gasteiger partial charge in [-0.2, -0.15) is 13.2 Å². The average Bonchev–Trinajstić information content (AvgIpc) is 2.17. The van der Waals surface area contributed by atoms with Crippen LogP contribution in [0.2, 0.25) is 0 Å². The van der Waals surface area contributed by atoms with E-state index in [9.17, 15) is 13.2 Å². The van der Waals surface area contributed by atoms with E-state index in [1.807, 2.05) is 0 Å². The maximum atomic E-state index is 12.9. The van der Waals surface area contributed by atoms with Crippen molar-refractivity contribution in [1.29, 1.82) is 0 Å². The molecule has 1 aromatic carbocycles. The molecule has 1 heterocycles. The number of hydrogen-bond donors (Lipinski definition) is 1. The van der Waals surface area contributed by atoms with Gasteiger partial charge in [0.2, 0.25) is 0 Å². The van der Waals surface area contributed by atoms with Gasteiger partial charge in [-0.05, 0) is 24.5 Å². The summed E-state index contributed by atoms with van der Waals surface area (Å²) in [6.07, 6.45) is -3.61. The van der Waals surface area contributed by atoms with E-state index in [2.05, 4.69) is 5.32 Å². The molecule has 1 aliphatic heterocycles. The van der Waals surface area contributed by atoms with Crippen LogP contribution in [0.25, 0.3) is 0 Å². The molecule has 0 aliphatic carbocycles. The van der Waals surface area contributed by atoms with Crippen molar-refractivity contribution >= 4 is 0 Å². The molecule has 0 bridgehead atoms. The van der Waals surface area contributed by atoms with E-state index in [1.165, 1.54) is 6.92 Å². The first kappa shape index (κ1) is 10.5. The molecule has 0 aromatic heterocycles. The molecule has 0 radical (unpaired) electrons. The molecule has 82 valence electrons. The molecule has 0 amide bonds. The van der Waals surface area contributed by atoms with Gasteiger partial charge in [0.25, 0.3) is 0 Å². The van der Waals surface area contributed by atoms with Crippen LogP contribution in [0.15, 0.2) is 24.3 Å². The van der Waals surface area contributed by atoms with Gasteiger partial charge in [-0.25, -0.2) is 0 Å². The van der Waals surface area contributed by atoms with E-state index in [0.717, 1.165) is 5.56 Å². The third kappa shape index (κ3) is 1.53. The second kappa shape index (κ2) is 3.23. The van der Waals surface area contributed by atoms with Gasteiger partial charge in [0.1, 0.15) is 5.54 Å². The second-order valence-corrected chi connectivity index (χ2v) is 3.96. The Balaban J connectivity index is 2.55. The van der Waals surface area contributed by atoms with Gasteiger partial charge in [0.05, 0.1) is 0 Å². The van der Waals surface area contributed by atoms with Crippen LogP contribution in [-0.4, -0.2) is 12.7 Å². The summed E-state index contributed by atoms with van der Waals surface area (Å²) in [5, 5.41) is 2.57. The number of benzene rings is 1. The molecule has 1 atom stereocenters. The summed E-state index contributed by atoms with van der Waals surface area (Å²) in [5.41, 5.74) is -0.762. The maximum absolute atomic E-state index is 12.9. The fourth-order valence-electron chi connectivity index (χ4n) is 2.02. The molecular weight excluding hydrogens is 203 g/mol. The Morgan fingerprint density at radius 2 is 1.93 bits per heavy atom. The van der Waals surface area contributed by atoms with Crippen LogP contribution < -0.4 is 5.32 Å². The summed E-state index contributed by atoms with van der Waals surface area (Å²) in [4.78, 5) is 0. The lowest BCUT2D eigenvalue weighted by Crippen LogP contribution is -2.55. The van der Waals surface area contributed by atoms with E-state index in [-0.39, 0.29) is 0 Å². The summed E-state index contributed by atoms with van der Waals surface area (Å²) >= 11 is 0. The fraction of sp³-hybridized carbons (Fsp3) is 0.455. The minimum absolute atomic E-state index is 0.351. The van der Waals surface area contributed by atoms with Crippen molar-refractivity contribution in [3.05, 3.63) is 35.4 Å². The summed E-state index contributed by atoms with van der Waals surface area (Å²) in [6.45, 7) is 1.57. The van der Waals surface area contributed by atoms with Crippen LogP contribution in [0.4, 0.5) is 13.2 Å². The fourth-order valence-corrected chi connectivity index (χ4v) is 2.02. The van der Waals surface area contributed by atoms with Gasteiger partial charge < -0.3 is 0 Å². The van der Waals surface area contributed by atoms with Gasteiger partial charge in [-0.3, -0.25) is 5.32 Å². The molecule has 4 heteroatoms. The first-order valence-corrected chi connectivity index (χ1v) is 4.85. The zero-order valence-corrected chi connectivity index (χ0v) is 8.36. The molecule has 0 saturated heterocycles. The minimum atomic E-state index is -4.26. The Morgan fingerprint density at radius 1 is 1.27 bits per heavy atom. The van der Waals surface area contributed by atoms with E-state index in [1.54, 1.807) is 24.3 Å². The first-order valence-electron chi connectivity index (χ1n) is 4.85. The largest absolute Gasteiger partial charge is 0.410 e. The van der Waals surface area contributed by atoms with Crippen LogP contribution in [0, 0.1) is 0 Å². The van der Waals surface area contributed by atoms with Crippen molar-refractivity contribution in [2.24, 2.45) is 0 Å². The Kier molecular flexibility index (Phi) is 2.26. The van der Waals surface area contributed by atoms with Crippen molar-refractivity contribution < 1.29 is 13.2 Å². The minimum Gasteiger partial charge on any atom is -0.300 e. The van der Waals surface area contributed by atoms with E-state index < -0.39 is 11.7 Å². The Labute approximate surface area is 86.3 Å². The quantitative estimate of drug-likeness (QED) is 0.701. The Morgan fingerprint density at radius 3 is 2.60 bits per heavy atom. The average molecular weight is 215 g/mol. The van der Waals surface area contributed by atoms with Crippen LogP contribution in [0.5, 0.6) is 0 Å². The Hall–Kier alpha value is -1.03. The SMILES string of the molecule is C[C@@]1(C(F)(F)F)NCCc2ccccc21. The number of rotatable bonds is 0. The van der Waals surface area contributed by atoms with Crippen LogP contribution >= 0.6 is 0 Å². The third-order valence-electron chi connectivity index (χ3n) is 3.00. The molecule has 0 unspecified atom stereocenters. The summed E-state index contributed by atoms with van der Waals surface area (Å²) in [6, 6.07) is 6.74. The normalized spacial score (nSPS) is 26.1.